The highest BCUT2D eigenvalue weighted by atomic mass is 32.2. The summed E-state index contributed by atoms with van der Waals surface area (Å²) in [5, 5.41) is 1.55. The van der Waals surface area contributed by atoms with Gasteiger partial charge in [-0.1, -0.05) is 11.3 Å². The Bertz CT molecular complexity index is 704. The lowest BCUT2D eigenvalue weighted by Gasteiger charge is -2.07. The number of nitrogen functional groups attached to an aromatic ring is 1. The second-order valence-electron chi connectivity index (χ2n) is 3.41. The largest absolute Gasteiger partial charge is 0.398 e. The molecule has 0 aromatic carbocycles. The van der Waals surface area contributed by atoms with E-state index in [0.717, 1.165) is 11.3 Å². The van der Waals surface area contributed by atoms with E-state index in [1.165, 1.54) is 18.5 Å². The van der Waals surface area contributed by atoms with Gasteiger partial charge < -0.3 is 10.7 Å². The van der Waals surface area contributed by atoms with E-state index in [9.17, 15) is 13.2 Å². The highest BCUT2D eigenvalue weighted by Crippen LogP contribution is 2.15. The lowest BCUT2D eigenvalue weighted by Crippen LogP contribution is -2.24. The van der Waals surface area contributed by atoms with Crippen molar-refractivity contribution in [2.75, 3.05) is 5.73 Å². The summed E-state index contributed by atoms with van der Waals surface area (Å²) in [7, 11) is -3.73. The fraction of sp³-hybridized carbons (Fsp3) is 0.111. The van der Waals surface area contributed by atoms with E-state index < -0.39 is 10.0 Å². The second-order valence-corrected chi connectivity index (χ2v) is 5.99. The number of anilines is 1. The van der Waals surface area contributed by atoms with Gasteiger partial charge in [0.25, 0.3) is 0 Å². The molecule has 2 aromatic heterocycles. The zero-order valence-electron chi connectivity index (χ0n) is 9.08. The molecule has 2 heterocycles. The van der Waals surface area contributed by atoms with Crippen molar-refractivity contribution in [1.82, 2.24) is 14.7 Å². The summed E-state index contributed by atoms with van der Waals surface area (Å²) in [6.45, 7) is -0.00456. The number of hydrogen-bond acceptors (Lipinski definition) is 6. The molecule has 96 valence electrons. The predicted molar refractivity (Wildman–Crippen MR) is 67.6 cm³/mol. The van der Waals surface area contributed by atoms with Crippen molar-refractivity contribution in [1.29, 1.82) is 0 Å². The van der Waals surface area contributed by atoms with Gasteiger partial charge in [0.1, 0.15) is 4.90 Å². The Hall–Kier alpha value is -1.71. The van der Waals surface area contributed by atoms with Gasteiger partial charge >= 0.3 is 4.87 Å². The minimum atomic E-state index is -3.73. The van der Waals surface area contributed by atoms with Crippen LogP contribution in [0.1, 0.15) is 5.69 Å². The van der Waals surface area contributed by atoms with E-state index in [1.807, 2.05) is 0 Å². The molecule has 0 amide bonds. The average Bonchev–Trinajstić information content (AvgIpc) is 2.73. The molecule has 2 rings (SSSR count). The average molecular weight is 286 g/mol. The van der Waals surface area contributed by atoms with Crippen LogP contribution >= 0.6 is 11.3 Å². The third-order valence-corrected chi connectivity index (χ3v) is 4.29. The molecular formula is C9H10N4O3S2. The van der Waals surface area contributed by atoms with Gasteiger partial charge in [-0.2, -0.15) is 0 Å². The molecule has 0 unspecified atom stereocenters. The number of hydrogen-bond donors (Lipinski definition) is 3. The number of nitrogens with zero attached hydrogens (tertiary/aromatic N) is 1. The van der Waals surface area contributed by atoms with E-state index in [-0.39, 0.29) is 22.0 Å². The molecular weight excluding hydrogens is 276 g/mol. The molecule has 0 aliphatic heterocycles. The smallest absolute Gasteiger partial charge is 0.304 e. The van der Waals surface area contributed by atoms with Gasteiger partial charge in [0.15, 0.2) is 0 Å². The van der Waals surface area contributed by atoms with Crippen LogP contribution in [-0.2, 0) is 16.6 Å². The summed E-state index contributed by atoms with van der Waals surface area (Å²) in [6.07, 6.45) is 2.58. The molecule has 0 atom stereocenters. The number of aromatic amines is 1. The van der Waals surface area contributed by atoms with Crippen molar-refractivity contribution in [3.05, 3.63) is 39.2 Å². The van der Waals surface area contributed by atoms with Crippen LogP contribution in [0.25, 0.3) is 0 Å². The van der Waals surface area contributed by atoms with Crippen LogP contribution < -0.4 is 15.3 Å². The number of rotatable bonds is 4. The minimum Gasteiger partial charge on any atom is -0.398 e. The molecule has 9 heteroatoms. The van der Waals surface area contributed by atoms with Crippen LogP contribution in [0.2, 0.25) is 0 Å². The summed E-state index contributed by atoms with van der Waals surface area (Å²) in [4.78, 5) is 16.8. The summed E-state index contributed by atoms with van der Waals surface area (Å²) >= 11 is 0.971. The molecule has 0 spiro atoms. The molecule has 0 aliphatic carbocycles. The standard InChI is InChI=1S/C9H10N4O3S2/c10-7-1-2-11-4-8(7)18(15,16)12-3-6-5-17-9(14)13-6/h1-2,4-5,12H,3H2,(H2,10,11)(H,13,14). The van der Waals surface area contributed by atoms with Crippen LogP contribution in [0.5, 0.6) is 0 Å². The lowest BCUT2D eigenvalue weighted by atomic mass is 10.4. The fourth-order valence-electron chi connectivity index (χ4n) is 1.27. The SMILES string of the molecule is Nc1ccncc1S(=O)(=O)NCc1csc(=O)[nH]1. The molecule has 0 radical (unpaired) electrons. The molecule has 0 fully saturated rings. The van der Waals surface area contributed by atoms with Crippen LogP contribution in [0.4, 0.5) is 5.69 Å². The van der Waals surface area contributed by atoms with E-state index in [1.54, 1.807) is 5.38 Å². The molecule has 0 saturated heterocycles. The van der Waals surface area contributed by atoms with Gasteiger partial charge in [-0.15, -0.1) is 0 Å². The molecule has 7 nitrogen and oxygen atoms in total. The van der Waals surface area contributed by atoms with E-state index in [4.69, 9.17) is 5.73 Å². The zero-order valence-corrected chi connectivity index (χ0v) is 10.7. The lowest BCUT2D eigenvalue weighted by molar-refractivity contribution is 0.580. The van der Waals surface area contributed by atoms with Gasteiger partial charge in [-0.05, 0) is 6.07 Å². The molecule has 4 N–H and O–H groups in total. The summed E-state index contributed by atoms with van der Waals surface area (Å²) < 4.78 is 26.2. The summed E-state index contributed by atoms with van der Waals surface area (Å²) in [5.74, 6) is 0. The molecule has 2 aromatic rings. The maximum atomic E-state index is 11.9. The van der Waals surface area contributed by atoms with Crippen molar-refractivity contribution < 1.29 is 8.42 Å². The number of aromatic nitrogens is 2. The Morgan fingerprint density at radius 3 is 2.89 bits per heavy atom. The Morgan fingerprint density at radius 2 is 2.28 bits per heavy atom. The second kappa shape index (κ2) is 4.88. The number of pyridine rings is 1. The monoisotopic (exact) mass is 286 g/mol. The van der Waals surface area contributed by atoms with Gasteiger partial charge in [-0.3, -0.25) is 9.78 Å². The van der Waals surface area contributed by atoms with Crippen LogP contribution in [0, 0.1) is 0 Å². The Kier molecular flexibility index (Phi) is 3.45. The first kappa shape index (κ1) is 12.7. The third-order valence-electron chi connectivity index (χ3n) is 2.13. The van der Waals surface area contributed by atoms with Crippen LogP contribution in [-0.4, -0.2) is 18.4 Å². The zero-order chi connectivity index (χ0) is 13.2. The highest BCUT2D eigenvalue weighted by molar-refractivity contribution is 7.89. The summed E-state index contributed by atoms with van der Waals surface area (Å²) in [5.41, 5.74) is 6.18. The van der Waals surface area contributed by atoms with E-state index in [0.29, 0.717) is 5.69 Å². The predicted octanol–water partition coefficient (Wildman–Crippen LogP) is -0.108. The number of thiazole rings is 1. The number of H-pyrrole nitrogens is 1. The molecule has 0 bridgehead atoms. The molecule has 0 aliphatic rings. The van der Waals surface area contributed by atoms with Gasteiger partial charge in [-0.25, -0.2) is 13.1 Å². The van der Waals surface area contributed by atoms with Gasteiger partial charge in [0, 0.05) is 23.5 Å². The maximum Gasteiger partial charge on any atom is 0.304 e. The first-order valence-corrected chi connectivity index (χ1v) is 7.21. The first-order valence-electron chi connectivity index (χ1n) is 4.85. The Labute approximate surface area is 107 Å². The number of nitrogens with two attached hydrogens (primary N) is 1. The Balaban J connectivity index is 2.18. The minimum absolute atomic E-state index is 0.00456. The topological polar surface area (TPSA) is 118 Å². The maximum absolute atomic E-state index is 11.9. The number of nitrogens with one attached hydrogen (secondary N) is 2. The highest BCUT2D eigenvalue weighted by Gasteiger charge is 2.17. The van der Waals surface area contributed by atoms with E-state index >= 15 is 0 Å². The Morgan fingerprint density at radius 1 is 1.50 bits per heavy atom. The van der Waals surface area contributed by atoms with Crippen molar-refractivity contribution >= 4 is 27.0 Å². The van der Waals surface area contributed by atoms with Crippen molar-refractivity contribution in [3.63, 3.8) is 0 Å². The van der Waals surface area contributed by atoms with Gasteiger partial charge in [0.05, 0.1) is 12.2 Å². The molecule has 0 saturated carbocycles. The van der Waals surface area contributed by atoms with Crippen LogP contribution in [0.3, 0.4) is 0 Å². The van der Waals surface area contributed by atoms with Crippen molar-refractivity contribution in [3.8, 4) is 0 Å². The quantitative estimate of drug-likeness (QED) is 0.725. The fourth-order valence-corrected chi connectivity index (χ4v) is 2.93. The van der Waals surface area contributed by atoms with Gasteiger partial charge in [0.2, 0.25) is 10.0 Å². The van der Waals surface area contributed by atoms with E-state index in [2.05, 4.69) is 14.7 Å². The van der Waals surface area contributed by atoms with Crippen molar-refractivity contribution in [2.24, 2.45) is 0 Å². The number of sulfonamides is 1. The first-order chi connectivity index (χ1) is 8.49. The third kappa shape index (κ3) is 2.75. The van der Waals surface area contributed by atoms with Crippen LogP contribution in [0.15, 0.2) is 33.5 Å². The summed E-state index contributed by atoms with van der Waals surface area (Å²) in [6, 6.07) is 1.40. The molecule has 18 heavy (non-hydrogen) atoms. The normalized spacial score (nSPS) is 11.6. The van der Waals surface area contributed by atoms with Crippen molar-refractivity contribution in [2.45, 2.75) is 11.4 Å².